The Morgan fingerprint density at radius 1 is 1.21 bits per heavy atom. The quantitative estimate of drug-likeness (QED) is 0.529. The maximum Gasteiger partial charge on any atom is 0.250 e. The van der Waals surface area contributed by atoms with Crippen LogP contribution in [0, 0.1) is 12.8 Å². The lowest BCUT2D eigenvalue weighted by atomic mass is 9.89. The van der Waals surface area contributed by atoms with Crippen molar-refractivity contribution < 1.29 is 9.32 Å². The average Bonchev–Trinajstić information content (AvgIpc) is 3.28. The number of hydrogen-bond acceptors (Lipinski definition) is 3. The zero-order valence-electron chi connectivity index (χ0n) is 16.3. The van der Waals surface area contributed by atoms with Crippen molar-refractivity contribution in [3.8, 4) is 22.7 Å². The number of rotatable bonds is 5. The van der Waals surface area contributed by atoms with Crippen molar-refractivity contribution in [1.29, 1.82) is 0 Å². The molecule has 2 heterocycles. The van der Waals surface area contributed by atoms with Gasteiger partial charge in [-0.2, -0.15) is 0 Å². The molecule has 0 saturated heterocycles. The fraction of sp³-hybridized carbons (Fsp3) is 0.364. The second kappa shape index (κ2) is 8.25. The Kier molecular flexibility index (Phi) is 5.70. The molecule has 2 aromatic heterocycles. The topological polar surface area (TPSA) is 74.1 Å². The molecule has 3 aromatic rings. The molecular weight excluding hydrogens is 409 g/mol. The molecule has 0 radical (unpaired) electrons. The van der Waals surface area contributed by atoms with Crippen molar-refractivity contribution in [3.63, 3.8) is 0 Å². The van der Waals surface area contributed by atoms with Gasteiger partial charge in [-0.1, -0.05) is 47.6 Å². The SMILES string of the molecule is Cc1c(C(N)=O)cc(-c2cc(-c3ccc(Cl)cc3Cl)no2)n1CC1CCCCC1. The molecule has 0 spiro atoms. The molecule has 1 fully saturated rings. The Bertz CT molecular complexity index is 1050. The second-order valence-corrected chi connectivity index (χ2v) is 8.55. The van der Waals surface area contributed by atoms with E-state index in [1.807, 2.05) is 19.1 Å². The molecule has 5 nitrogen and oxygen atoms in total. The van der Waals surface area contributed by atoms with Crippen molar-refractivity contribution in [2.45, 2.75) is 45.6 Å². The minimum Gasteiger partial charge on any atom is -0.366 e. The molecular formula is C22H23Cl2N3O2. The number of aromatic nitrogens is 2. The summed E-state index contributed by atoms with van der Waals surface area (Å²) in [7, 11) is 0. The van der Waals surface area contributed by atoms with E-state index in [4.69, 9.17) is 33.5 Å². The molecule has 2 N–H and O–H groups in total. The molecule has 152 valence electrons. The van der Waals surface area contributed by atoms with Crippen molar-refractivity contribution in [1.82, 2.24) is 9.72 Å². The van der Waals surface area contributed by atoms with Crippen molar-refractivity contribution in [2.75, 3.05) is 0 Å². The summed E-state index contributed by atoms with van der Waals surface area (Å²) in [5.74, 6) is 0.728. The molecule has 7 heteroatoms. The lowest BCUT2D eigenvalue weighted by Gasteiger charge is -2.23. The molecule has 1 aromatic carbocycles. The van der Waals surface area contributed by atoms with E-state index in [0.717, 1.165) is 23.5 Å². The second-order valence-electron chi connectivity index (χ2n) is 7.71. The van der Waals surface area contributed by atoms with Gasteiger partial charge in [-0.05, 0) is 49.9 Å². The highest BCUT2D eigenvalue weighted by molar-refractivity contribution is 6.36. The molecule has 29 heavy (non-hydrogen) atoms. The van der Waals surface area contributed by atoms with Crippen LogP contribution >= 0.6 is 23.2 Å². The van der Waals surface area contributed by atoms with Gasteiger partial charge in [-0.3, -0.25) is 4.79 Å². The zero-order valence-corrected chi connectivity index (χ0v) is 17.8. The van der Waals surface area contributed by atoms with E-state index in [1.165, 1.54) is 32.1 Å². The summed E-state index contributed by atoms with van der Waals surface area (Å²) in [5.41, 5.74) is 9.15. The first-order chi connectivity index (χ1) is 13.9. The zero-order chi connectivity index (χ0) is 20.5. The largest absolute Gasteiger partial charge is 0.366 e. The van der Waals surface area contributed by atoms with Crippen LogP contribution in [0.2, 0.25) is 10.0 Å². The maximum atomic E-state index is 11.9. The highest BCUT2D eigenvalue weighted by Crippen LogP contribution is 2.35. The number of carbonyl (C=O) groups excluding carboxylic acids is 1. The van der Waals surface area contributed by atoms with E-state index in [1.54, 1.807) is 18.2 Å². The summed E-state index contributed by atoms with van der Waals surface area (Å²) in [6, 6.07) is 8.89. The normalized spacial score (nSPS) is 15.0. The van der Waals surface area contributed by atoms with Gasteiger partial charge in [0.1, 0.15) is 5.69 Å². The fourth-order valence-corrected chi connectivity index (χ4v) is 4.69. The van der Waals surface area contributed by atoms with Gasteiger partial charge in [0, 0.05) is 28.9 Å². The van der Waals surface area contributed by atoms with Gasteiger partial charge in [-0.25, -0.2) is 0 Å². The third kappa shape index (κ3) is 4.07. The third-order valence-corrected chi connectivity index (χ3v) is 6.31. The maximum absolute atomic E-state index is 11.9. The summed E-state index contributed by atoms with van der Waals surface area (Å²) < 4.78 is 7.80. The standard InChI is InChI=1S/C22H23Cl2N3O2/c1-13-17(22(25)28)10-20(27(13)12-14-5-3-2-4-6-14)21-11-19(26-29-21)16-8-7-15(23)9-18(16)24/h7-11,14H,2-6,12H2,1H3,(H2,25,28). The van der Waals surface area contributed by atoms with Crippen LogP contribution in [0.25, 0.3) is 22.7 Å². The molecule has 0 atom stereocenters. The van der Waals surface area contributed by atoms with Crippen LogP contribution in [-0.2, 0) is 6.54 Å². The van der Waals surface area contributed by atoms with Crippen LogP contribution in [0.15, 0.2) is 34.9 Å². The van der Waals surface area contributed by atoms with Crippen molar-refractivity contribution >= 4 is 29.1 Å². The molecule has 1 aliphatic carbocycles. The van der Waals surface area contributed by atoms with E-state index in [-0.39, 0.29) is 0 Å². The van der Waals surface area contributed by atoms with Crippen LogP contribution in [0.4, 0.5) is 0 Å². The Morgan fingerprint density at radius 2 is 1.97 bits per heavy atom. The van der Waals surface area contributed by atoms with Gasteiger partial charge in [0.25, 0.3) is 5.91 Å². The predicted octanol–water partition coefficient (Wildman–Crippen LogP) is 6.10. The molecule has 0 bridgehead atoms. The van der Waals surface area contributed by atoms with E-state index < -0.39 is 5.91 Å². The molecule has 0 unspecified atom stereocenters. The number of carbonyl (C=O) groups is 1. The van der Waals surface area contributed by atoms with Gasteiger partial charge in [0.2, 0.25) is 0 Å². The first kappa shape index (κ1) is 20.0. The Hall–Kier alpha value is -2.24. The van der Waals surface area contributed by atoms with Gasteiger partial charge in [-0.15, -0.1) is 0 Å². The Balaban J connectivity index is 1.73. The van der Waals surface area contributed by atoms with E-state index in [2.05, 4.69) is 9.72 Å². The highest BCUT2D eigenvalue weighted by Gasteiger charge is 2.23. The number of benzene rings is 1. The highest BCUT2D eigenvalue weighted by atomic mass is 35.5. The summed E-state index contributed by atoms with van der Waals surface area (Å²) in [5, 5.41) is 5.26. The molecule has 4 rings (SSSR count). The van der Waals surface area contributed by atoms with Crippen molar-refractivity contribution in [2.24, 2.45) is 11.7 Å². The average molecular weight is 432 g/mol. The molecule has 0 aliphatic heterocycles. The molecule has 1 saturated carbocycles. The van der Waals surface area contributed by atoms with E-state index >= 15 is 0 Å². The fourth-order valence-electron chi connectivity index (χ4n) is 4.18. The van der Waals surface area contributed by atoms with Crippen LogP contribution in [0.5, 0.6) is 0 Å². The number of hydrogen-bond donors (Lipinski definition) is 1. The van der Waals surface area contributed by atoms with Crippen LogP contribution in [0.3, 0.4) is 0 Å². The van der Waals surface area contributed by atoms with E-state index in [0.29, 0.717) is 33.0 Å². The van der Waals surface area contributed by atoms with Crippen molar-refractivity contribution in [3.05, 3.63) is 51.6 Å². The minimum atomic E-state index is -0.438. The van der Waals surface area contributed by atoms with Crippen LogP contribution in [-0.4, -0.2) is 15.6 Å². The van der Waals surface area contributed by atoms with Gasteiger partial charge >= 0.3 is 0 Å². The van der Waals surface area contributed by atoms with Crippen LogP contribution < -0.4 is 5.73 Å². The third-order valence-electron chi connectivity index (χ3n) is 5.77. The van der Waals surface area contributed by atoms with Crippen LogP contribution in [0.1, 0.15) is 48.2 Å². The number of halogens is 2. The summed E-state index contributed by atoms with van der Waals surface area (Å²) in [4.78, 5) is 11.9. The first-order valence-corrected chi connectivity index (χ1v) is 10.6. The number of primary amides is 1. The number of nitrogens with zero attached hydrogens (tertiary/aromatic N) is 2. The summed E-state index contributed by atoms with van der Waals surface area (Å²) in [6.45, 7) is 2.77. The number of nitrogens with two attached hydrogens (primary N) is 1. The van der Waals surface area contributed by atoms with Gasteiger partial charge < -0.3 is 14.8 Å². The van der Waals surface area contributed by atoms with Gasteiger partial charge in [0.05, 0.1) is 16.3 Å². The molecule has 1 aliphatic rings. The number of amides is 1. The predicted molar refractivity (Wildman–Crippen MR) is 115 cm³/mol. The summed E-state index contributed by atoms with van der Waals surface area (Å²) in [6.07, 6.45) is 6.21. The van der Waals surface area contributed by atoms with Gasteiger partial charge in [0.15, 0.2) is 5.76 Å². The lowest BCUT2D eigenvalue weighted by molar-refractivity contribution is 0.0999. The monoisotopic (exact) mass is 431 g/mol. The lowest BCUT2D eigenvalue weighted by Crippen LogP contribution is -2.17. The smallest absolute Gasteiger partial charge is 0.250 e. The Labute approximate surface area is 179 Å². The molecule has 1 amide bonds. The summed E-state index contributed by atoms with van der Waals surface area (Å²) >= 11 is 12.3. The van der Waals surface area contributed by atoms with E-state index in [9.17, 15) is 4.79 Å². The first-order valence-electron chi connectivity index (χ1n) is 9.86. The minimum absolute atomic E-state index is 0.438. The Morgan fingerprint density at radius 3 is 2.66 bits per heavy atom.